The van der Waals surface area contributed by atoms with Gasteiger partial charge in [0.15, 0.2) is 5.82 Å². The molecule has 0 spiro atoms. The van der Waals surface area contributed by atoms with Crippen LogP contribution in [0.2, 0.25) is 0 Å². The minimum Gasteiger partial charge on any atom is -0.396 e. The molecule has 116 valence electrons. The van der Waals surface area contributed by atoms with Crippen LogP contribution in [0.5, 0.6) is 0 Å². The summed E-state index contributed by atoms with van der Waals surface area (Å²) >= 11 is 0. The number of benzene rings is 1. The molecule has 1 aliphatic rings. The van der Waals surface area contributed by atoms with Crippen molar-refractivity contribution in [3.63, 3.8) is 0 Å². The molecule has 1 heterocycles. The molecular weight excluding hydrogens is 276 g/mol. The minimum absolute atomic E-state index is 0.209. The molecule has 1 aliphatic heterocycles. The number of nitrogens with zero attached hydrogens (tertiary/aromatic N) is 2. The number of likely N-dealkylation sites (N-methyl/N-ethyl adjacent to an activating group) is 1. The van der Waals surface area contributed by atoms with Gasteiger partial charge >= 0.3 is 0 Å². The van der Waals surface area contributed by atoms with Crippen LogP contribution in [0.1, 0.15) is 30.6 Å². The number of carbonyl (C=O) groups excluding carboxylic acids is 1. The number of rotatable bonds is 4. The Balaban J connectivity index is 2.18. The Kier molecular flexibility index (Phi) is 4.77. The first-order valence-electron chi connectivity index (χ1n) is 7.26. The highest BCUT2D eigenvalue weighted by Gasteiger charge is 2.32. The number of amides is 1. The normalized spacial score (nSPS) is 18.5. The van der Waals surface area contributed by atoms with Gasteiger partial charge in [-0.2, -0.15) is 0 Å². The Labute approximate surface area is 123 Å². The summed E-state index contributed by atoms with van der Waals surface area (Å²) in [6.07, 6.45) is 0.818. The van der Waals surface area contributed by atoms with E-state index in [9.17, 15) is 13.6 Å². The van der Waals surface area contributed by atoms with E-state index in [2.05, 4.69) is 18.7 Å². The van der Waals surface area contributed by atoms with Crippen LogP contribution in [0.4, 0.5) is 14.5 Å². The van der Waals surface area contributed by atoms with Crippen LogP contribution < -0.4 is 5.73 Å². The zero-order chi connectivity index (χ0) is 15.6. The van der Waals surface area contributed by atoms with Crippen molar-refractivity contribution in [3.8, 4) is 0 Å². The number of hydrogen-bond donors (Lipinski definition) is 1. The van der Waals surface area contributed by atoms with Gasteiger partial charge in [-0.05, 0) is 31.6 Å². The van der Waals surface area contributed by atoms with Gasteiger partial charge in [-0.25, -0.2) is 8.78 Å². The van der Waals surface area contributed by atoms with Crippen LogP contribution in [0.3, 0.4) is 0 Å². The summed E-state index contributed by atoms with van der Waals surface area (Å²) < 4.78 is 27.7. The fraction of sp³-hybridized carbons (Fsp3) is 0.533. The monoisotopic (exact) mass is 297 g/mol. The average Bonchev–Trinajstić information content (AvgIpc) is 2.94. The maximum atomic E-state index is 13.9. The second-order valence-corrected chi connectivity index (χ2v) is 5.24. The van der Waals surface area contributed by atoms with E-state index < -0.39 is 23.1 Å². The minimum atomic E-state index is -0.966. The van der Waals surface area contributed by atoms with Crippen molar-refractivity contribution in [1.29, 1.82) is 0 Å². The zero-order valence-electron chi connectivity index (χ0n) is 12.4. The van der Waals surface area contributed by atoms with Crippen LogP contribution >= 0.6 is 0 Å². The van der Waals surface area contributed by atoms with E-state index in [0.29, 0.717) is 13.1 Å². The Morgan fingerprint density at radius 1 is 1.38 bits per heavy atom. The molecule has 0 saturated carbocycles. The lowest BCUT2D eigenvalue weighted by atomic mass is 10.1. The van der Waals surface area contributed by atoms with Gasteiger partial charge in [-0.15, -0.1) is 0 Å². The summed E-state index contributed by atoms with van der Waals surface area (Å²) in [5.41, 5.74) is 4.67. The number of halogens is 2. The standard InChI is InChI=1S/C15H21F2N3O/c1-3-19(4-2)10-7-8-20(9-10)15(21)13-11(16)5-6-12(18)14(13)17/h5-6,10H,3-4,7-9,18H2,1-2H3. The van der Waals surface area contributed by atoms with Gasteiger partial charge in [0.2, 0.25) is 0 Å². The number of carbonyl (C=O) groups is 1. The quantitative estimate of drug-likeness (QED) is 0.866. The van der Waals surface area contributed by atoms with Gasteiger partial charge in [0, 0.05) is 19.1 Å². The molecule has 6 heteroatoms. The highest BCUT2D eigenvalue weighted by molar-refractivity contribution is 5.96. The van der Waals surface area contributed by atoms with E-state index in [1.807, 2.05) is 0 Å². The number of nitrogen functional groups attached to an aromatic ring is 1. The maximum Gasteiger partial charge on any atom is 0.259 e. The summed E-state index contributed by atoms with van der Waals surface area (Å²) in [5.74, 6) is -2.45. The van der Waals surface area contributed by atoms with Crippen LogP contribution in [0, 0.1) is 11.6 Å². The Bertz CT molecular complexity index is 532. The van der Waals surface area contributed by atoms with E-state index in [1.165, 1.54) is 4.90 Å². The molecule has 1 aromatic carbocycles. The molecule has 1 fully saturated rings. The molecule has 0 aromatic heterocycles. The van der Waals surface area contributed by atoms with Crippen molar-refractivity contribution in [3.05, 3.63) is 29.3 Å². The third-order valence-corrected chi connectivity index (χ3v) is 4.11. The summed E-state index contributed by atoms with van der Waals surface area (Å²) in [7, 11) is 0. The third kappa shape index (κ3) is 3.00. The summed E-state index contributed by atoms with van der Waals surface area (Å²) in [5, 5.41) is 0. The van der Waals surface area contributed by atoms with E-state index in [1.54, 1.807) is 0 Å². The van der Waals surface area contributed by atoms with Crippen molar-refractivity contribution >= 4 is 11.6 Å². The van der Waals surface area contributed by atoms with Crippen molar-refractivity contribution in [1.82, 2.24) is 9.80 Å². The largest absolute Gasteiger partial charge is 0.396 e. The van der Waals surface area contributed by atoms with Crippen molar-refractivity contribution < 1.29 is 13.6 Å². The van der Waals surface area contributed by atoms with Crippen LogP contribution in [0.25, 0.3) is 0 Å². The molecular formula is C15H21F2N3O. The van der Waals surface area contributed by atoms with Crippen molar-refractivity contribution in [2.75, 3.05) is 31.9 Å². The van der Waals surface area contributed by atoms with Gasteiger partial charge < -0.3 is 10.6 Å². The highest BCUT2D eigenvalue weighted by Crippen LogP contribution is 2.23. The fourth-order valence-corrected chi connectivity index (χ4v) is 2.89. The molecule has 21 heavy (non-hydrogen) atoms. The van der Waals surface area contributed by atoms with Crippen LogP contribution in [-0.4, -0.2) is 47.9 Å². The first-order valence-corrected chi connectivity index (χ1v) is 7.26. The van der Waals surface area contributed by atoms with Crippen molar-refractivity contribution in [2.45, 2.75) is 26.3 Å². The Hall–Kier alpha value is -1.69. The first-order chi connectivity index (χ1) is 9.99. The van der Waals surface area contributed by atoms with Gasteiger partial charge in [0.05, 0.1) is 5.69 Å². The molecule has 0 aliphatic carbocycles. The lowest BCUT2D eigenvalue weighted by Crippen LogP contribution is -2.39. The van der Waals surface area contributed by atoms with E-state index >= 15 is 0 Å². The number of anilines is 1. The molecule has 0 radical (unpaired) electrons. The average molecular weight is 297 g/mol. The predicted octanol–water partition coefficient (Wildman–Crippen LogP) is 2.10. The predicted molar refractivity (Wildman–Crippen MR) is 78.0 cm³/mol. The summed E-state index contributed by atoms with van der Waals surface area (Å²) in [4.78, 5) is 16.1. The number of likely N-dealkylation sites (tertiary alicyclic amines) is 1. The first kappa shape index (κ1) is 15.7. The third-order valence-electron chi connectivity index (χ3n) is 4.11. The molecule has 4 nitrogen and oxygen atoms in total. The molecule has 1 atom stereocenters. The number of hydrogen-bond acceptors (Lipinski definition) is 3. The SMILES string of the molecule is CCN(CC)C1CCN(C(=O)c2c(F)ccc(N)c2F)C1. The van der Waals surface area contributed by atoms with E-state index in [-0.39, 0.29) is 11.7 Å². The smallest absolute Gasteiger partial charge is 0.259 e. The molecule has 2 N–H and O–H groups in total. The molecule has 1 saturated heterocycles. The van der Waals surface area contributed by atoms with Crippen LogP contribution in [0.15, 0.2) is 12.1 Å². The van der Waals surface area contributed by atoms with Gasteiger partial charge in [0.25, 0.3) is 5.91 Å². The highest BCUT2D eigenvalue weighted by atomic mass is 19.1. The van der Waals surface area contributed by atoms with Gasteiger partial charge in [-0.3, -0.25) is 9.69 Å². The maximum absolute atomic E-state index is 13.9. The lowest BCUT2D eigenvalue weighted by Gasteiger charge is -2.26. The van der Waals surface area contributed by atoms with Crippen molar-refractivity contribution in [2.24, 2.45) is 0 Å². The second kappa shape index (κ2) is 6.39. The van der Waals surface area contributed by atoms with E-state index in [0.717, 1.165) is 31.6 Å². The zero-order valence-corrected chi connectivity index (χ0v) is 12.4. The fourth-order valence-electron chi connectivity index (χ4n) is 2.89. The lowest BCUT2D eigenvalue weighted by molar-refractivity contribution is 0.0768. The Morgan fingerprint density at radius 3 is 2.67 bits per heavy atom. The molecule has 1 aromatic rings. The Morgan fingerprint density at radius 2 is 2.05 bits per heavy atom. The number of nitrogens with two attached hydrogens (primary N) is 1. The van der Waals surface area contributed by atoms with Gasteiger partial charge in [-0.1, -0.05) is 13.8 Å². The molecule has 1 unspecified atom stereocenters. The summed E-state index contributed by atoms with van der Waals surface area (Å²) in [6, 6.07) is 2.41. The topological polar surface area (TPSA) is 49.6 Å². The van der Waals surface area contributed by atoms with Gasteiger partial charge in [0.1, 0.15) is 11.4 Å². The molecule has 0 bridgehead atoms. The molecule has 2 rings (SSSR count). The van der Waals surface area contributed by atoms with Crippen LogP contribution in [-0.2, 0) is 0 Å². The molecule has 1 amide bonds. The van der Waals surface area contributed by atoms with E-state index in [4.69, 9.17) is 5.73 Å². The summed E-state index contributed by atoms with van der Waals surface area (Å²) in [6.45, 7) is 6.91. The second-order valence-electron chi connectivity index (χ2n) is 5.24.